The quantitative estimate of drug-likeness (QED) is 0.707. The highest BCUT2D eigenvalue weighted by Gasteiger charge is 2.14. The number of fused-ring (bicyclic) bond motifs is 1. The summed E-state index contributed by atoms with van der Waals surface area (Å²) in [6, 6.07) is 18.6. The number of hydrogen-bond acceptors (Lipinski definition) is 2. The van der Waals surface area contributed by atoms with E-state index in [0.29, 0.717) is 11.4 Å². The second-order valence-corrected chi connectivity index (χ2v) is 6.81. The van der Waals surface area contributed by atoms with Crippen LogP contribution in [0.1, 0.15) is 0 Å². The second kappa shape index (κ2) is 6.45. The minimum Gasteiger partial charge on any atom is -0.346 e. The Morgan fingerprint density at radius 2 is 1.52 bits per heavy atom. The smallest absolute Gasteiger partial charge is 0.180 e. The Morgan fingerprint density at radius 1 is 0.857 bits per heavy atom. The molecule has 0 fully saturated rings. The second-order valence-electron chi connectivity index (χ2n) is 4.70. The number of aryl methyl sites for hydroxylation is 1. The summed E-state index contributed by atoms with van der Waals surface area (Å²) in [4.78, 5) is 0.386. The molecular formula is C16H16BrNO2S. The third kappa shape index (κ3) is 3.36. The van der Waals surface area contributed by atoms with E-state index in [1.165, 1.54) is 0 Å². The first-order chi connectivity index (χ1) is 9.67. The van der Waals surface area contributed by atoms with Crippen molar-refractivity contribution >= 4 is 37.7 Å². The average Bonchev–Trinajstić information content (AvgIpc) is 2.89. The fraction of sp³-hybridized carbons (Fsp3) is 0.125. The summed E-state index contributed by atoms with van der Waals surface area (Å²) in [6.45, 7) is 0.463. The lowest BCUT2D eigenvalue weighted by Gasteiger charge is -2.07. The molecule has 3 rings (SSSR count). The summed E-state index contributed by atoms with van der Waals surface area (Å²) in [7, 11) is -3.23. The van der Waals surface area contributed by atoms with Crippen LogP contribution < -0.4 is 0 Å². The number of para-hydroxylation sites is 1. The van der Waals surface area contributed by atoms with Gasteiger partial charge in [-0.1, -0.05) is 36.4 Å². The van der Waals surface area contributed by atoms with Crippen molar-refractivity contribution in [3.63, 3.8) is 0 Å². The molecule has 0 saturated heterocycles. The van der Waals surface area contributed by atoms with E-state index >= 15 is 0 Å². The zero-order chi connectivity index (χ0) is 14.0. The van der Waals surface area contributed by atoms with Gasteiger partial charge < -0.3 is 4.57 Å². The first kappa shape index (κ1) is 15.8. The third-order valence-electron chi connectivity index (χ3n) is 3.38. The first-order valence-corrected chi connectivity index (χ1v) is 8.14. The number of nitrogens with zero attached hydrogens (tertiary/aromatic N) is 1. The van der Waals surface area contributed by atoms with Crippen LogP contribution in [0.2, 0.25) is 0 Å². The van der Waals surface area contributed by atoms with Gasteiger partial charge in [-0.2, -0.15) is 0 Å². The van der Waals surface area contributed by atoms with Crippen molar-refractivity contribution < 1.29 is 8.42 Å². The van der Waals surface area contributed by atoms with Gasteiger partial charge in [0.25, 0.3) is 0 Å². The Hall–Kier alpha value is -1.59. The van der Waals surface area contributed by atoms with E-state index in [0.717, 1.165) is 10.9 Å². The van der Waals surface area contributed by atoms with Crippen molar-refractivity contribution in [1.82, 2.24) is 4.57 Å². The highest BCUT2D eigenvalue weighted by molar-refractivity contribution is 8.93. The van der Waals surface area contributed by atoms with E-state index < -0.39 is 9.84 Å². The monoisotopic (exact) mass is 365 g/mol. The highest BCUT2D eigenvalue weighted by atomic mass is 79.9. The number of sulfone groups is 1. The van der Waals surface area contributed by atoms with Crippen LogP contribution in [0.5, 0.6) is 0 Å². The van der Waals surface area contributed by atoms with Crippen molar-refractivity contribution in [3.05, 3.63) is 66.9 Å². The maximum atomic E-state index is 12.3. The molecule has 0 aliphatic heterocycles. The van der Waals surface area contributed by atoms with Gasteiger partial charge in [-0.15, -0.1) is 17.0 Å². The Morgan fingerprint density at radius 3 is 2.29 bits per heavy atom. The van der Waals surface area contributed by atoms with Crippen molar-refractivity contribution in [1.29, 1.82) is 0 Å². The molecule has 5 heteroatoms. The Bertz CT molecular complexity index is 826. The van der Waals surface area contributed by atoms with Gasteiger partial charge in [0.1, 0.15) is 0 Å². The lowest BCUT2D eigenvalue weighted by atomic mass is 10.2. The van der Waals surface area contributed by atoms with Gasteiger partial charge in [0.05, 0.1) is 10.6 Å². The van der Waals surface area contributed by atoms with E-state index in [9.17, 15) is 8.42 Å². The van der Waals surface area contributed by atoms with Crippen LogP contribution in [0.15, 0.2) is 71.8 Å². The standard InChI is InChI=1S/C16H15NO2S.BrH/c18-20(19,15-7-2-1-3-8-15)13-12-17-11-10-14-6-4-5-9-16(14)17;/h1-11H,12-13H2;1H. The minimum atomic E-state index is -3.23. The molecule has 0 aliphatic carbocycles. The molecule has 3 nitrogen and oxygen atoms in total. The number of rotatable bonds is 4. The fourth-order valence-corrected chi connectivity index (χ4v) is 3.54. The molecule has 1 heterocycles. The number of aromatic nitrogens is 1. The van der Waals surface area contributed by atoms with Crippen molar-refractivity contribution in [3.8, 4) is 0 Å². The zero-order valence-corrected chi connectivity index (χ0v) is 13.9. The van der Waals surface area contributed by atoms with Gasteiger partial charge in [-0.05, 0) is 29.7 Å². The average molecular weight is 366 g/mol. The van der Waals surface area contributed by atoms with Crippen LogP contribution in [0.3, 0.4) is 0 Å². The summed E-state index contributed by atoms with van der Waals surface area (Å²) in [5.41, 5.74) is 1.07. The van der Waals surface area contributed by atoms with Gasteiger partial charge in [-0.25, -0.2) is 8.42 Å². The molecule has 0 spiro atoms. The normalized spacial score (nSPS) is 11.2. The van der Waals surface area contributed by atoms with Crippen LogP contribution in [-0.2, 0) is 16.4 Å². The molecule has 0 amide bonds. The fourth-order valence-electron chi connectivity index (χ4n) is 2.30. The van der Waals surface area contributed by atoms with Gasteiger partial charge in [0.2, 0.25) is 0 Å². The first-order valence-electron chi connectivity index (χ1n) is 6.48. The van der Waals surface area contributed by atoms with Crippen molar-refractivity contribution in [2.45, 2.75) is 11.4 Å². The van der Waals surface area contributed by atoms with Gasteiger partial charge in [0.15, 0.2) is 9.84 Å². The van der Waals surface area contributed by atoms with Crippen molar-refractivity contribution in [2.24, 2.45) is 0 Å². The maximum absolute atomic E-state index is 12.3. The largest absolute Gasteiger partial charge is 0.346 e. The summed E-state index contributed by atoms with van der Waals surface area (Å²) >= 11 is 0. The molecule has 0 saturated carbocycles. The minimum absolute atomic E-state index is 0. The zero-order valence-electron chi connectivity index (χ0n) is 11.3. The highest BCUT2D eigenvalue weighted by Crippen LogP contribution is 2.16. The molecule has 110 valence electrons. The van der Waals surface area contributed by atoms with Crippen LogP contribution in [0.4, 0.5) is 0 Å². The van der Waals surface area contributed by atoms with Crippen LogP contribution in [0.25, 0.3) is 10.9 Å². The summed E-state index contributed by atoms with van der Waals surface area (Å²) in [5, 5.41) is 1.13. The molecule has 0 atom stereocenters. The molecule has 0 N–H and O–H groups in total. The predicted octanol–water partition coefficient (Wildman–Crippen LogP) is 3.69. The van der Waals surface area contributed by atoms with E-state index in [1.54, 1.807) is 24.3 Å². The Labute approximate surface area is 134 Å². The lowest BCUT2D eigenvalue weighted by molar-refractivity contribution is 0.590. The topological polar surface area (TPSA) is 39.1 Å². The molecule has 2 aromatic carbocycles. The molecule has 1 aromatic heterocycles. The van der Waals surface area contributed by atoms with E-state index in [-0.39, 0.29) is 22.7 Å². The predicted molar refractivity (Wildman–Crippen MR) is 90.8 cm³/mol. The summed E-state index contributed by atoms with van der Waals surface area (Å²) in [5.74, 6) is 0.107. The summed E-state index contributed by atoms with van der Waals surface area (Å²) in [6.07, 6.45) is 1.94. The number of halogens is 1. The molecule has 0 radical (unpaired) electrons. The molecule has 0 unspecified atom stereocenters. The van der Waals surface area contributed by atoms with E-state index in [4.69, 9.17) is 0 Å². The number of benzene rings is 2. The van der Waals surface area contributed by atoms with Gasteiger partial charge in [-0.3, -0.25) is 0 Å². The van der Waals surface area contributed by atoms with Gasteiger partial charge >= 0.3 is 0 Å². The van der Waals surface area contributed by atoms with E-state index in [1.807, 2.05) is 47.2 Å². The van der Waals surface area contributed by atoms with Crippen LogP contribution >= 0.6 is 17.0 Å². The lowest BCUT2D eigenvalue weighted by Crippen LogP contribution is -2.12. The SMILES string of the molecule is Br.O=S(=O)(CCn1ccc2ccccc21)c1ccccc1. The van der Waals surface area contributed by atoms with Crippen molar-refractivity contribution in [2.75, 3.05) is 5.75 Å². The van der Waals surface area contributed by atoms with E-state index in [2.05, 4.69) is 0 Å². The maximum Gasteiger partial charge on any atom is 0.180 e. The molecule has 0 aliphatic rings. The molecule has 0 bridgehead atoms. The Kier molecular flexibility index (Phi) is 4.85. The van der Waals surface area contributed by atoms with Crippen LogP contribution in [-0.4, -0.2) is 18.7 Å². The van der Waals surface area contributed by atoms with Crippen LogP contribution in [0, 0.1) is 0 Å². The molecular weight excluding hydrogens is 350 g/mol. The third-order valence-corrected chi connectivity index (χ3v) is 5.09. The van der Waals surface area contributed by atoms with Gasteiger partial charge in [0, 0.05) is 18.3 Å². The number of hydrogen-bond donors (Lipinski definition) is 0. The molecule has 21 heavy (non-hydrogen) atoms. The summed E-state index contributed by atoms with van der Waals surface area (Å²) < 4.78 is 26.5. The molecule has 3 aromatic rings. The Balaban J connectivity index is 0.00000161.